The standard InChI is InChI=1S/C20H17IN2O4S2/c1-26-15-7-6-12(8-16(15)27-2)9-17-19(25)23(20(28)29-17)11-18(24)22-14-5-3-4-13(21)10-14/h3-10H,11H2,1-2H3,(H,22,24). The van der Waals surface area contributed by atoms with Crippen molar-refractivity contribution in [3.63, 3.8) is 0 Å². The summed E-state index contributed by atoms with van der Waals surface area (Å²) >= 11 is 8.64. The molecule has 0 saturated carbocycles. The fraction of sp³-hybridized carbons (Fsp3) is 0.150. The molecule has 1 N–H and O–H groups in total. The third kappa shape index (κ3) is 5.28. The normalized spacial score (nSPS) is 15.0. The van der Waals surface area contributed by atoms with Crippen LogP contribution in [0.2, 0.25) is 0 Å². The van der Waals surface area contributed by atoms with E-state index in [2.05, 4.69) is 27.9 Å². The third-order valence-electron chi connectivity index (χ3n) is 3.99. The van der Waals surface area contributed by atoms with Gasteiger partial charge in [0.05, 0.1) is 19.1 Å². The molecule has 2 aromatic carbocycles. The van der Waals surface area contributed by atoms with Crippen molar-refractivity contribution in [2.75, 3.05) is 26.1 Å². The van der Waals surface area contributed by atoms with Crippen molar-refractivity contribution >= 4 is 74.5 Å². The first-order chi connectivity index (χ1) is 13.9. The fourth-order valence-corrected chi connectivity index (χ4v) is 4.44. The van der Waals surface area contributed by atoms with E-state index in [-0.39, 0.29) is 18.4 Å². The minimum atomic E-state index is -0.310. The molecule has 0 unspecified atom stereocenters. The van der Waals surface area contributed by atoms with Gasteiger partial charge in [-0.05, 0) is 64.6 Å². The number of anilines is 1. The quantitative estimate of drug-likeness (QED) is 0.338. The molecule has 2 aromatic rings. The molecule has 0 aliphatic carbocycles. The Morgan fingerprint density at radius 2 is 1.97 bits per heavy atom. The first-order valence-electron chi connectivity index (χ1n) is 8.44. The molecule has 2 amide bonds. The summed E-state index contributed by atoms with van der Waals surface area (Å²) in [5.74, 6) is 0.557. The number of carbonyl (C=O) groups excluding carboxylic acids is 2. The zero-order valence-electron chi connectivity index (χ0n) is 15.6. The Hall–Kier alpha value is -2.11. The molecule has 3 rings (SSSR count). The highest BCUT2D eigenvalue weighted by Gasteiger charge is 2.33. The molecule has 6 nitrogen and oxygen atoms in total. The summed E-state index contributed by atoms with van der Waals surface area (Å²) in [7, 11) is 3.11. The lowest BCUT2D eigenvalue weighted by Gasteiger charge is -2.14. The van der Waals surface area contributed by atoms with Crippen molar-refractivity contribution in [2.24, 2.45) is 0 Å². The smallest absolute Gasteiger partial charge is 0.266 e. The average Bonchev–Trinajstić information content (AvgIpc) is 2.95. The van der Waals surface area contributed by atoms with Gasteiger partial charge in [0, 0.05) is 9.26 Å². The maximum Gasteiger partial charge on any atom is 0.266 e. The second-order valence-electron chi connectivity index (χ2n) is 5.94. The second kappa shape index (κ2) is 9.59. The summed E-state index contributed by atoms with van der Waals surface area (Å²) in [6.07, 6.45) is 1.72. The Morgan fingerprint density at radius 3 is 2.66 bits per heavy atom. The first-order valence-corrected chi connectivity index (χ1v) is 10.7. The van der Waals surface area contributed by atoms with Crippen molar-refractivity contribution in [2.45, 2.75) is 0 Å². The van der Waals surface area contributed by atoms with E-state index in [4.69, 9.17) is 21.7 Å². The molecule has 0 aromatic heterocycles. The molecular weight excluding hydrogens is 523 g/mol. The van der Waals surface area contributed by atoms with Crippen LogP contribution in [0.5, 0.6) is 11.5 Å². The highest BCUT2D eigenvalue weighted by atomic mass is 127. The summed E-state index contributed by atoms with van der Waals surface area (Å²) < 4.78 is 11.9. The topological polar surface area (TPSA) is 67.9 Å². The van der Waals surface area contributed by atoms with Crippen molar-refractivity contribution in [3.05, 3.63) is 56.5 Å². The Labute approximate surface area is 191 Å². The predicted octanol–water partition coefficient (Wildman–Crippen LogP) is 4.15. The van der Waals surface area contributed by atoms with E-state index < -0.39 is 0 Å². The molecule has 9 heteroatoms. The molecule has 0 atom stereocenters. The number of rotatable bonds is 6. The summed E-state index contributed by atoms with van der Waals surface area (Å²) in [5, 5.41) is 2.79. The van der Waals surface area contributed by atoms with Crippen LogP contribution in [0.25, 0.3) is 6.08 Å². The number of methoxy groups -OCH3 is 2. The monoisotopic (exact) mass is 540 g/mol. The number of thioether (sulfide) groups is 1. The van der Waals surface area contributed by atoms with Crippen molar-refractivity contribution in [1.82, 2.24) is 4.90 Å². The summed E-state index contributed by atoms with van der Waals surface area (Å²) in [4.78, 5) is 26.9. The second-order valence-corrected chi connectivity index (χ2v) is 8.86. The summed E-state index contributed by atoms with van der Waals surface area (Å²) in [6, 6.07) is 12.8. The van der Waals surface area contributed by atoms with Gasteiger partial charge < -0.3 is 14.8 Å². The van der Waals surface area contributed by atoms with Gasteiger partial charge in [-0.1, -0.05) is 36.1 Å². The van der Waals surface area contributed by atoms with Crippen molar-refractivity contribution in [3.8, 4) is 11.5 Å². The number of nitrogens with zero attached hydrogens (tertiary/aromatic N) is 1. The molecule has 29 heavy (non-hydrogen) atoms. The van der Waals surface area contributed by atoms with Crippen LogP contribution >= 0.6 is 46.6 Å². The van der Waals surface area contributed by atoms with Gasteiger partial charge in [-0.3, -0.25) is 14.5 Å². The number of thiocarbonyl (C=S) groups is 1. The molecule has 1 fully saturated rings. The van der Waals surface area contributed by atoms with E-state index in [0.717, 1.165) is 9.13 Å². The SMILES string of the molecule is COc1ccc(C=C2SC(=S)N(CC(=O)Nc3cccc(I)c3)C2=O)cc1OC. The van der Waals surface area contributed by atoms with E-state index >= 15 is 0 Å². The molecule has 0 spiro atoms. The van der Waals surface area contributed by atoms with E-state index in [1.807, 2.05) is 24.3 Å². The van der Waals surface area contributed by atoms with E-state index in [1.165, 1.54) is 16.7 Å². The van der Waals surface area contributed by atoms with Crippen LogP contribution in [0, 0.1) is 3.57 Å². The predicted molar refractivity (Wildman–Crippen MR) is 127 cm³/mol. The molecule has 1 aliphatic heterocycles. The number of nitrogens with one attached hydrogen (secondary N) is 1. The van der Waals surface area contributed by atoms with Gasteiger partial charge in [0.25, 0.3) is 5.91 Å². The van der Waals surface area contributed by atoms with Crippen LogP contribution < -0.4 is 14.8 Å². The molecular formula is C20H17IN2O4S2. The van der Waals surface area contributed by atoms with Crippen LogP contribution in [-0.4, -0.2) is 41.8 Å². The van der Waals surface area contributed by atoms with Gasteiger partial charge >= 0.3 is 0 Å². The molecule has 1 saturated heterocycles. The van der Waals surface area contributed by atoms with Crippen LogP contribution in [-0.2, 0) is 9.59 Å². The summed E-state index contributed by atoms with van der Waals surface area (Å²) in [5.41, 5.74) is 1.44. The number of carbonyl (C=O) groups is 2. The average molecular weight is 540 g/mol. The highest BCUT2D eigenvalue weighted by molar-refractivity contribution is 14.1. The maximum atomic E-state index is 12.8. The Balaban J connectivity index is 1.72. The zero-order chi connectivity index (χ0) is 21.0. The third-order valence-corrected chi connectivity index (χ3v) is 6.04. The molecule has 1 heterocycles. The lowest BCUT2D eigenvalue weighted by molar-refractivity contribution is -0.126. The summed E-state index contributed by atoms with van der Waals surface area (Å²) in [6.45, 7) is -0.139. The highest BCUT2D eigenvalue weighted by Crippen LogP contribution is 2.34. The van der Waals surface area contributed by atoms with Crippen LogP contribution in [0.1, 0.15) is 5.56 Å². The van der Waals surface area contributed by atoms with Gasteiger partial charge in [-0.2, -0.15) is 0 Å². The number of benzene rings is 2. The number of halogens is 1. The van der Waals surface area contributed by atoms with Gasteiger partial charge in [-0.25, -0.2) is 0 Å². The van der Waals surface area contributed by atoms with E-state index in [0.29, 0.717) is 26.4 Å². The van der Waals surface area contributed by atoms with Gasteiger partial charge in [0.15, 0.2) is 11.5 Å². The van der Waals surface area contributed by atoms with Crippen LogP contribution in [0.4, 0.5) is 5.69 Å². The van der Waals surface area contributed by atoms with Crippen LogP contribution in [0.3, 0.4) is 0 Å². The maximum absolute atomic E-state index is 12.8. The fourth-order valence-electron chi connectivity index (χ4n) is 2.64. The molecule has 0 bridgehead atoms. The minimum absolute atomic E-state index is 0.139. The van der Waals surface area contributed by atoms with Gasteiger partial charge in [0.2, 0.25) is 5.91 Å². The largest absolute Gasteiger partial charge is 0.493 e. The number of hydrogen-bond acceptors (Lipinski definition) is 6. The van der Waals surface area contributed by atoms with Crippen molar-refractivity contribution < 1.29 is 19.1 Å². The Kier molecular flexibility index (Phi) is 7.14. The van der Waals surface area contributed by atoms with Crippen LogP contribution in [0.15, 0.2) is 47.4 Å². The Morgan fingerprint density at radius 1 is 1.21 bits per heavy atom. The molecule has 0 radical (unpaired) electrons. The zero-order valence-corrected chi connectivity index (χ0v) is 19.4. The van der Waals surface area contributed by atoms with Gasteiger partial charge in [-0.15, -0.1) is 0 Å². The Bertz CT molecular complexity index is 1010. The lowest BCUT2D eigenvalue weighted by atomic mass is 10.2. The van der Waals surface area contributed by atoms with E-state index in [9.17, 15) is 9.59 Å². The first kappa shape index (κ1) is 21.6. The molecule has 1 aliphatic rings. The number of ether oxygens (including phenoxy) is 2. The van der Waals surface area contributed by atoms with Crippen molar-refractivity contribution in [1.29, 1.82) is 0 Å². The minimum Gasteiger partial charge on any atom is -0.493 e. The van der Waals surface area contributed by atoms with Gasteiger partial charge in [0.1, 0.15) is 10.9 Å². The van der Waals surface area contributed by atoms with E-state index in [1.54, 1.807) is 38.5 Å². The lowest BCUT2D eigenvalue weighted by Crippen LogP contribution is -2.36. The number of amides is 2. The number of hydrogen-bond donors (Lipinski definition) is 1. The molecule has 150 valence electrons.